The highest BCUT2D eigenvalue weighted by atomic mass is 35.5. The van der Waals surface area contributed by atoms with Crippen LogP contribution >= 0.6 is 11.6 Å². The fourth-order valence-corrected chi connectivity index (χ4v) is 4.63. The van der Waals surface area contributed by atoms with Crippen molar-refractivity contribution in [1.29, 1.82) is 0 Å². The summed E-state index contributed by atoms with van der Waals surface area (Å²) in [5.41, 5.74) is 0.525. The van der Waals surface area contributed by atoms with Crippen LogP contribution in [0.2, 0.25) is 5.02 Å². The van der Waals surface area contributed by atoms with Gasteiger partial charge in [0, 0.05) is 19.7 Å². The van der Waals surface area contributed by atoms with E-state index < -0.39 is 17.9 Å². The first kappa shape index (κ1) is 17.7. The van der Waals surface area contributed by atoms with Crippen molar-refractivity contribution in [2.24, 2.45) is 17.3 Å². The zero-order chi connectivity index (χ0) is 18.5. The number of nitrogens with zero attached hydrogens (tertiary/aromatic N) is 1. The second-order valence-corrected chi connectivity index (χ2v) is 8.05. The molecule has 140 valence electrons. The van der Waals surface area contributed by atoms with Crippen LogP contribution in [0.25, 0.3) is 0 Å². The van der Waals surface area contributed by atoms with Crippen LogP contribution in [0, 0.1) is 23.1 Å². The molecular formula is C19H21ClFNO4. The molecule has 0 aromatic heterocycles. The predicted octanol–water partition coefficient (Wildman–Crippen LogP) is 3.27. The number of hydrogen-bond acceptors (Lipinski definition) is 3. The molecule has 4 rings (SSSR count). The number of carbonyl (C=O) groups is 2. The summed E-state index contributed by atoms with van der Waals surface area (Å²) in [6, 6.07) is 4.53. The third-order valence-electron chi connectivity index (χ3n) is 6.24. The molecule has 5 nitrogen and oxygen atoms in total. The van der Waals surface area contributed by atoms with E-state index in [4.69, 9.17) is 16.3 Å². The fraction of sp³-hybridized carbons (Fsp3) is 0.579. The Hall–Kier alpha value is -1.66. The molecule has 2 heterocycles. The molecule has 1 N–H and O–H groups in total. The molecule has 3 fully saturated rings. The second kappa shape index (κ2) is 6.50. The Balaban J connectivity index is 1.43. The number of hydrogen-bond donors (Lipinski definition) is 1. The third kappa shape index (κ3) is 2.99. The van der Waals surface area contributed by atoms with Gasteiger partial charge in [-0.1, -0.05) is 17.7 Å². The summed E-state index contributed by atoms with van der Waals surface area (Å²) in [5.74, 6) is -1.80. The highest BCUT2D eigenvalue weighted by Crippen LogP contribution is 2.59. The molecule has 7 heteroatoms. The predicted molar refractivity (Wildman–Crippen MR) is 92.2 cm³/mol. The van der Waals surface area contributed by atoms with E-state index in [0.29, 0.717) is 31.7 Å². The topological polar surface area (TPSA) is 66.8 Å². The van der Waals surface area contributed by atoms with Crippen molar-refractivity contribution in [3.05, 3.63) is 34.6 Å². The van der Waals surface area contributed by atoms with E-state index in [0.717, 1.165) is 19.3 Å². The molecule has 1 saturated carbocycles. The summed E-state index contributed by atoms with van der Waals surface area (Å²) in [4.78, 5) is 26.0. The van der Waals surface area contributed by atoms with Crippen LogP contribution in [0.4, 0.5) is 4.39 Å². The van der Waals surface area contributed by atoms with Crippen molar-refractivity contribution >= 4 is 23.5 Å². The fourth-order valence-electron chi connectivity index (χ4n) is 4.52. The number of piperidine rings is 1. The van der Waals surface area contributed by atoms with Crippen molar-refractivity contribution in [2.75, 3.05) is 19.7 Å². The largest absolute Gasteiger partial charge is 0.481 e. The van der Waals surface area contributed by atoms with Gasteiger partial charge in [0.1, 0.15) is 5.82 Å². The molecule has 1 spiro atoms. The van der Waals surface area contributed by atoms with Crippen LogP contribution in [0.5, 0.6) is 0 Å². The van der Waals surface area contributed by atoms with E-state index in [1.54, 1.807) is 6.07 Å². The van der Waals surface area contributed by atoms with Crippen molar-refractivity contribution < 1.29 is 23.8 Å². The second-order valence-electron chi connectivity index (χ2n) is 7.64. The Bertz CT molecular complexity index is 747. The molecule has 26 heavy (non-hydrogen) atoms. The molecule has 1 aliphatic carbocycles. The zero-order valence-corrected chi connectivity index (χ0v) is 15.0. The summed E-state index contributed by atoms with van der Waals surface area (Å²) in [6.07, 6.45) is 2.35. The van der Waals surface area contributed by atoms with Gasteiger partial charge in [-0.25, -0.2) is 4.39 Å². The molecule has 0 radical (unpaired) electrons. The number of carbonyl (C=O) groups excluding carboxylic acids is 1. The van der Waals surface area contributed by atoms with Gasteiger partial charge >= 0.3 is 5.97 Å². The molecule has 3 aliphatic rings. The van der Waals surface area contributed by atoms with Crippen molar-refractivity contribution in [3.63, 3.8) is 0 Å². The summed E-state index contributed by atoms with van der Waals surface area (Å²) < 4.78 is 19.5. The van der Waals surface area contributed by atoms with Crippen LogP contribution in [-0.4, -0.2) is 41.6 Å². The number of likely N-dealkylation sites (tertiary alicyclic amines) is 1. The van der Waals surface area contributed by atoms with E-state index in [2.05, 4.69) is 0 Å². The Morgan fingerprint density at radius 3 is 2.65 bits per heavy atom. The van der Waals surface area contributed by atoms with E-state index in [9.17, 15) is 19.1 Å². The van der Waals surface area contributed by atoms with E-state index in [-0.39, 0.29) is 28.2 Å². The van der Waals surface area contributed by atoms with Crippen molar-refractivity contribution in [2.45, 2.75) is 31.8 Å². The van der Waals surface area contributed by atoms with Crippen LogP contribution in [0.3, 0.4) is 0 Å². The Morgan fingerprint density at radius 1 is 1.31 bits per heavy atom. The molecule has 1 amide bonds. The number of halogens is 2. The Labute approximate surface area is 156 Å². The van der Waals surface area contributed by atoms with E-state index >= 15 is 0 Å². The van der Waals surface area contributed by atoms with E-state index in [1.807, 2.05) is 4.90 Å². The van der Waals surface area contributed by atoms with Crippen LogP contribution in [0.1, 0.15) is 37.4 Å². The third-order valence-corrected chi connectivity index (χ3v) is 6.55. The summed E-state index contributed by atoms with van der Waals surface area (Å²) in [7, 11) is 0. The quantitative estimate of drug-likeness (QED) is 0.872. The SMILES string of the molecule is O=C(O)C1CC12CCN(C(=O)[C@@H]1CCO[C@H]1c1ccc(Cl)c(F)c1)CC2. The minimum atomic E-state index is -0.723. The maximum Gasteiger partial charge on any atom is 0.307 e. The molecule has 1 aromatic carbocycles. The maximum atomic E-state index is 13.8. The molecule has 3 atom stereocenters. The molecule has 1 unspecified atom stereocenters. The van der Waals surface area contributed by atoms with Gasteiger partial charge in [0.15, 0.2) is 0 Å². The molecular weight excluding hydrogens is 361 g/mol. The lowest BCUT2D eigenvalue weighted by Crippen LogP contribution is -2.43. The standard InChI is InChI=1S/C19H21ClFNO4/c20-14-2-1-11(9-15(14)21)16-12(3-8-26-16)17(23)22-6-4-19(5-7-22)10-13(19)18(24)25/h1-2,9,12-13,16H,3-8,10H2,(H,24,25)/t12-,13?,16+/m1/s1. The number of amides is 1. The van der Waals surface area contributed by atoms with Gasteiger partial charge in [-0.2, -0.15) is 0 Å². The summed E-state index contributed by atoms with van der Waals surface area (Å²) in [5, 5.41) is 9.23. The van der Waals surface area contributed by atoms with Crippen molar-refractivity contribution in [1.82, 2.24) is 4.90 Å². The Kier molecular flexibility index (Phi) is 4.43. The molecule has 2 saturated heterocycles. The smallest absolute Gasteiger partial charge is 0.307 e. The van der Waals surface area contributed by atoms with Crippen LogP contribution < -0.4 is 0 Å². The Morgan fingerprint density at radius 2 is 2.04 bits per heavy atom. The first-order valence-electron chi connectivity index (χ1n) is 8.99. The molecule has 1 aromatic rings. The minimum Gasteiger partial charge on any atom is -0.481 e. The monoisotopic (exact) mass is 381 g/mol. The van der Waals surface area contributed by atoms with Crippen LogP contribution in [-0.2, 0) is 14.3 Å². The first-order chi connectivity index (χ1) is 12.4. The normalized spacial score (nSPS) is 29.8. The van der Waals surface area contributed by atoms with Gasteiger partial charge in [-0.05, 0) is 48.8 Å². The lowest BCUT2D eigenvalue weighted by atomic mass is 9.88. The number of ether oxygens (including phenoxy) is 1. The zero-order valence-electron chi connectivity index (χ0n) is 14.3. The average molecular weight is 382 g/mol. The van der Waals surface area contributed by atoms with Crippen LogP contribution in [0.15, 0.2) is 18.2 Å². The van der Waals surface area contributed by atoms with Gasteiger partial charge in [0.25, 0.3) is 0 Å². The van der Waals surface area contributed by atoms with Crippen molar-refractivity contribution in [3.8, 4) is 0 Å². The maximum absolute atomic E-state index is 13.8. The number of benzene rings is 1. The van der Waals surface area contributed by atoms with Gasteiger partial charge in [-0.15, -0.1) is 0 Å². The lowest BCUT2D eigenvalue weighted by molar-refractivity contribution is -0.140. The number of rotatable bonds is 3. The average Bonchev–Trinajstić information content (AvgIpc) is 3.11. The van der Waals surface area contributed by atoms with Gasteiger partial charge in [0.2, 0.25) is 5.91 Å². The van der Waals surface area contributed by atoms with Gasteiger partial charge < -0.3 is 14.7 Å². The summed E-state index contributed by atoms with van der Waals surface area (Å²) in [6.45, 7) is 1.63. The van der Waals surface area contributed by atoms with Gasteiger partial charge in [-0.3, -0.25) is 9.59 Å². The lowest BCUT2D eigenvalue weighted by Gasteiger charge is -2.35. The highest BCUT2D eigenvalue weighted by molar-refractivity contribution is 6.30. The first-order valence-corrected chi connectivity index (χ1v) is 9.37. The van der Waals surface area contributed by atoms with Gasteiger partial charge in [0.05, 0.1) is 23.0 Å². The highest BCUT2D eigenvalue weighted by Gasteiger charge is 2.59. The van der Waals surface area contributed by atoms with E-state index in [1.165, 1.54) is 12.1 Å². The summed E-state index contributed by atoms with van der Waals surface area (Å²) >= 11 is 5.74. The molecule has 0 bridgehead atoms. The number of aliphatic carboxylic acids is 1. The minimum absolute atomic E-state index is 0.0187. The number of carboxylic acids is 1. The number of carboxylic acid groups (broad SMARTS) is 1. The molecule has 2 aliphatic heterocycles.